The third-order valence-corrected chi connectivity index (χ3v) is 1.90. The van der Waals surface area contributed by atoms with Gasteiger partial charge in [-0.1, -0.05) is 6.92 Å². The summed E-state index contributed by atoms with van der Waals surface area (Å²) in [5.74, 6) is 0.412. The minimum Gasteiger partial charge on any atom is -0.401 e. The fraction of sp³-hybridized carbons (Fsp3) is 0.667. The van der Waals surface area contributed by atoms with Gasteiger partial charge in [-0.05, 0) is 27.2 Å². The molecule has 4 N–H and O–H groups in total. The number of allylic oxidation sites excluding steroid dienone is 1. The molecule has 0 saturated carbocycles. The van der Waals surface area contributed by atoms with Crippen LogP contribution < -0.4 is 11.5 Å². The average Bonchev–Trinajstić information content (AvgIpc) is 1.98. The van der Waals surface area contributed by atoms with E-state index < -0.39 is 0 Å². The number of amidine groups is 1. The standard InChI is InChI=1S/C9H19N3S/c1-5-6(10)7(13)8(11)12-9(2,3)4/h13H,5,10H2,1-4H3,(H2,11,12). The lowest BCUT2D eigenvalue weighted by Crippen LogP contribution is -2.22. The summed E-state index contributed by atoms with van der Waals surface area (Å²) >= 11 is 4.21. The SMILES string of the molecule is CCC(N)=C(S)C(N)=NC(C)(C)C. The van der Waals surface area contributed by atoms with Crippen LogP contribution in [-0.2, 0) is 0 Å². The van der Waals surface area contributed by atoms with Crippen molar-refractivity contribution in [3.8, 4) is 0 Å². The van der Waals surface area contributed by atoms with Gasteiger partial charge in [0.15, 0.2) is 0 Å². The molecule has 0 spiro atoms. The highest BCUT2D eigenvalue weighted by Crippen LogP contribution is 2.12. The predicted molar refractivity (Wildman–Crippen MR) is 61.9 cm³/mol. The van der Waals surface area contributed by atoms with E-state index in [2.05, 4.69) is 17.6 Å². The van der Waals surface area contributed by atoms with Crippen LogP contribution in [0.25, 0.3) is 0 Å². The van der Waals surface area contributed by atoms with Crippen molar-refractivity contribution < 1.29 is 0 Å². The molecule has 0 aliphatic heterocycles. The Morgan fingerprint density at radius 1 is 1.31 bits per heavy atom. The van der Waals surface area contributed by atoms with Crippen LogP contribution in [-0.4, -0.2) is 11.4 Å². The van der Waals surface area contributed by atoms with E-state index in [-0.39, 0.29) is 5.54 Å². The molecule has 13 heavy (non-hydrogen) atoms. The van der Waals surface area contributed by atoms with Gasteiger partial charge in [0.05, 0.1) is 10.4 Å². The number of nitrogens with two attached hydrogens (primary N) is 2. The fourth-order valence-electron chi connectivity index (χ4n) is 0.746. The number of rotatable bonds is 2. The topological polar surface area (TPSA) is 64.4 Å². The predicted octanol–water partition coefficient (Wildman–Crippen LogP) is 1.65. The Bertz CT molecular complexity index is 236. The largest absolute Gasteiger partial charge is 0.401 e. The van der Waals surface area contributed by atoms with Gasteiger partial charge in [-0.3, -0.25) is 4.99 Å². The quantitative estimate of drug-likeness (QED) is 0.361. The summed E-state index contributed by atoms with van der Waals surface area (Å²) in [5, 5.41) is 0. The number of thiol groups is 1. The molecule has 0 saturated heterocycles. The molecule has 0 aliphatic carbocycles. The molecule has 0 bridgehead atoms. The van der Waals surface area contributed by atoms with Crippen molar-refractivity contribution in [3.05, 3.63) is 10.6 Å². The zero-order valence-corrected chi connectivity index (χ0v) is 9.65. The summed E-state index contributed by atoms with van der Waals surface area (Å²) in [7, 11) is 0. The summed E-state index contributed by atoms with van der Waals surface area (Å²) in [6.45, 7) is 7.88. The van der Waals surface area contributed by atoms with E-state index in [1.165, 1.54) is 0 Å². The highest BCUT2D eigenvalue weighted by Gasteiger charge is 2.10. The maximum absolute atomic E-state index is 5.72. The Balaban J connectivity index is 4.81. The van der Waals surface area contributed by atoms with Crippen LogP contribution >= 0.6 is 12.6 Å². The molecule has 0 aromatic rings. The first-order valence-corrected chi connectivity index (χ1v) is 4.76. The van der Waals surface area contributed by atoms with Crippen molar-refractivity contribution in [2.24, 2.45) is 16.5 Å². The second-order valence-electron chi connectivity index (χ2n) is 3.90. The summed E-state index contributed by atoms with van der Waals surface area (Å²) < 4.78 is 0. The lowest BCUT2D eigenvalue weighted by molar-refractivity contribution is 0.583. The Hall–Kier alpha value is -0.640. The number of nitrogens with zero attached hydrogens (tertiary/aromatic N) is 1. The summed E-state index contributed by atoms with van der Waals surface area (Å²) in [6.07, 6.45) is 0.735. The normalized spacial score (nSPS) is 15.6. The van der Waals surface area contributed by atoms with Gasteiger partial charge >= 0.3 is 0 Å². The number of aliphatic imine (C=N–C) groups is 1. The molecule has 0 radical (unpaired) electrons. The van der Waals surface area contributed by atoms with Crippen LogP contribution in [0.3, 0.4) is 0 Å². The van der Waals surface area contributed by atoms with E-state index in [1.807, 2.05) is 27.7 Å². The lowest BCUT2D eigenvalue weighted by Gasteiger charge is -2.14. The second-order valence-corrected chi connectivity index (χ2v) is 4.34. The highest BCUT2D eigenvalue weighted by molar-refractivity contribution is 7.85. The van der Waals surface area contributed by atoms with E-state index in [0.717, 1.165) is 6.42 Å². The first kappa shape index (κ1) is 12.4. The number of hydrogen-bond donors (Lipinski definition) is 3. The van der Waals surface area contributed by atoms with Crippen molar-refractivity contribution in [2.45, 2.75) is 39.7 Å². The van der Waals surface area contributed by atoms with E-state index in [1.54, 1.807) is 0 Å². The van der Waals surface area contributed by atoms with Crippen LogP contribution in [0.15, 0.2) is 15.6 Å². The zero-order valence-electron chi connectivity index (χ0n) is 8.76. The molecular weight excluding hydrogens is 182 g/mol. The van der Waals surface area contributed by atoms with Gasteiger partial charge in [-0.2, -0.15) is 0 Å². The van der Waals surface area contributed by atoms with Crippen molar-refractivity contribution in [3.63, 3.8) is 0 Å². The van der Waals surface area contributed by atoms with Gasteiger partial charge < -0.3 is 11.5 Å². The molecule has 0 heterocycles. The van der Waals surface area contributed by atoms with Crippen LogP contribution in [0.2, 0.25) is 0 Å². The zero-order chi connectivity index (χ0) is 10.6. The molecule has 0 aromatic heterocycles. The van der Waals surface area contributed by atoms with Gasteiger partial charge in [0.25, 0.3) is 0 Å². The summed E-state index contributed by atoms with van der Waals surface area (Å²) in [5.41, 5.74) is 11.9. The molecule has 0 aliphatic rings. The molecule has 0 unspecified atom stereocenters. The van der Waals surface area contributed by atoms with E-state index >= 15 is 0 Å². The van der Waals surface area contributed by atoms with Gasteiger partial charge in [0.1, 0.15) is 5.84 Å². The Kier molecular flexibility index (Phi) is 4.33. The Morgan fingerprint density at radius 3 is 2.08 bits per heavy atom. The monoisotopic (exact) mass is 201 g/mol. The molecule has 0 amide bonds. The van der Waals surface area contributed by atoms with Crippen molar-refractivity contribution in [1.82, 2.24) is 0 Å². The van der Waals surface area contributed by atoms with E-state index in [9.17, 15) is 0 Å². The first-order valence-electron chi connectivity index (χ1n) is 4.31. The third kappa shape index (κ3) is 4.83. The van der Waals surface area contributed by atoms with E-state index in [0.29, 0.717) is 16.4 Å². The molecule has 76 valence electrons. The van der Waals surface area contributed by atoms with Crippen LogP contribution in [0, 0.1) is 0 Å². The van der Waals surface area contributed by atoms with Crippen LogP contribution in [0.5, 0.6) is 0 Å². The molecule has 0 atom stereocenters. The Morgan fingerprint density at radius 2 is 1.77 bits per heavy atom. The van der Waals surface area contributed by atoms with Gasteiger partial charge in [-0.25, -0.2) is 0 Å². The van der Waals surface area contributed by atoms with Crippen molar-refractivity contribution >= 4 is 18.5 Å². The van der Waals surface area contributed by atoms with Crippen molar-refractivity contribution in [1.29, 1.82) is 0 Å². The Labute approximate surface area is 85.7 Å². The lowest BCUT2D eigenvalue weighted by atomic mass is 10.1. The van der Waals surface area contributed by atoms with Crippen LogP contribution in [0.1, 0.15) is 34.1 Å². The number of hydrogen-bond acceptors (Lipinski definition) is 3. The minimum atomic E-state index is -0.188. The first-order chi connectivity index (χ1) is 5.78. The molecule has 0 fully saturated rings. The third-order valence-electron chi connectivity index (χ3n) is 1.38. The van der Waals surface area contributed by atoms with Gasteiger partial charge in [-0.15, -0.1) is 12.6 Å². The van der Waals surface area contributed by atoms with Gasteiger partial charge in [0, 0.05) is 5.70 Å². The maximum Gasteiger partial charge on any atom is 0.134 e. The summed E-state index contributed by atoms with van der Waals surface area (Å²) in [6, 6.07) is 0. The molecule has 0 aromatic carbocycles. The molecule has 4 heteroatoms. The average molecular weight is 201 g/mol. The second kappa shape index (κ2) is 4.56. The van der Waals surface area contributed by atoms with Crippen LogP contribution in [0.4, 0.5) is 0 Å². The summed E-state index contributed by atoms with van der Waals surface area (Å²) in [4.78, 5) is 4.85. The minimum absolute atomic E-state index is 0.188. The van der Waals surface area contributed by atoms with Gasteiger partial charge in [0.2, 0.25) is 0 Å². The molecule has 3 nitrogen and oxygen atoms in total. The van der Waals surface area contributed by atoms with Crippen molar-refractivity contribution in [2.75, 3.05) is 0 Å². The smallest absolute Gasteiger partial charge is 0.134 e. The van der Waals surface area contributed by atoms with E-state index in [4.69, 9.17) is 11.5 Å². The fourth-order valence-corrected chi connectivity index (χ4v) is 0.954. The molecular formula is C9H19N3S. The highest BCUT2D eigenvalue weighted by atomic mass is 32.1. The molecule has 0 rings (SSSR count). The maximum atomic E-state index is 5.72.